The monoisotopic (exact) mass is 402 g/mol. The van der Waals surface area contributed by atoms with Crippen molar-refractivity contribution in [1.82, 2.24) is 0 Å². The number of carbonyl (C=O) groups excluding carboxylic acids is 1. The second-order valence-corrected chi connectivity index (χ2v) is 6.54. The summed E-state index contributed by atoms with van der Waals surface area (Å²) in [5.41, 5.74) is 2.47. The van der Waals surface area contributed by atoms with Crippen LogP contribution in [0.15, 0.2) is 91.0 Å². The summed E-state index contributed by atoms with van der Waals surface area (Å²) < 4.78 is 31.6. The van der Waals surface area contributed by atoms with E-state index in [1.54, 1.807) is 48.5 Å². The minimum Gasteiger partial charge on any atom is -0.380 e. The molecule has 0 radical (unpaired) electrons. The lowest BCUT2D eigenvalue weighted by Crippen LogP contribution is -2.11. The number of aliphatic hydroxyl groups excluding tert-OH is 1. The van der Waals surface area contributed by atoms with E-state index in [1.165, 1.54) is 5.56 Å². The lowest BCUT2D eigenvalue weighted by Gasteiger charge is -2.09. The molecule has 3 N–H and O–H groups in total. The summed E-state index contributed by atoms with van der Waals surface area (Å²) in [6.07, 6.45) is -1.08. The first-order valence-corrected chi connectivity index (χ1v) is 9.62. The van der Waals surface area contributed by atoms with E-state index in [0.717, 1.165) is 0 Å². The molecule has 6 nitrogen and oxygen atoms in total. The Hall–Kier alpha value is -2.84. The third-order valence-corrected chi connectivity index (χ3v) is 3.36. The van der Waals surface area contributed by atoms with E-state index in [4.69, 9.17) is 17.5 Å². The Bertz CT molecular complexity index is 918. The standard InChI is InChI=1S/C14H12O2.C7H8.H2O4S/c15-13(11-7-3-1-4-8-11)14(16)12-9-5-2-6-10-12;1-7-5-3-2-4-6-7;1-5(2,3)4/h1-10,13,15H;2-6H,1H3;(H2,1,2,3,4). The highest BCUT2D eigenvalue weighted by Gasteiger charge is 2.18. The third kappa shape index (κ3) is 10.3. The smallest absolute Gasteiger partial charge is 0.380 e. The number of aryl methyl sites for hydroxylation is 1. The summed E-state index contributed by atoms with van der Waals surface area (Å²) in [6, 6.07) is 28.0. The van der Waals surface area contributed by atoms with Crippen molar-refractivity contribution in [1.29, 1.82) is 0 Å². The Morgan fingerprint density at radius 3 is 1.46 bits per heavy atom. The fraction of sp³-hybridized carbons (Fsp3) is 0.0952. The SMILES string of the molecule is Cc1ccccc1.O=C(c1ccccc1)C(O)c1ccccc1.O=S(=O)(O)O. The van der Waals surface area contributed by atoms with Crippen molar-refractivity contribution in [3.63, 3.8) is 0 Å². The van der Waals surface area contributed by atoms with Crippen LogP contribution in [-0.2, 0) is 10.4 Å². The second-order valence-electron chi connectivity index (χ2n) is 5.65. The number of Topliss-reactive ketones (excluding diaryl/α,β-unsaturated/α-hetero) is 1. The lowest BCUT2D eigenvalue weighted by molar-refractivity contribution is 0.0747. The average molecular weight is 402 g/mol. The van der Waals surface area contributed by atoms with Gasteiger partial charge in [-0.1, -0.05) is 96.6 Å². The molecule has 0 fully saturated rings. The maximum atomic E-state index is 11.9. The van der Waals surface area contributed by atoms with Crippen molar-refractivity contribution in [2.24, 2.45) is 0 Å². The highest BCUT2D eigenvalue weighted by molar-refractivity contribution is 7.79. The first-order chi connectivity index (χ1) is 13.2. The summed E-state index contributed by atoms with van der Waals surface area (Å²) in [7, 11) is -4.67. The average Bonchev–Trinajstić information content (AvgIpc) is 2.68. The highest BCUT2D eigenvalue weighted by atomic mass is 32.3. The maximum absolute atomic E-state index is 11.9. The molecule has 0 amide bonds. The molecule has 28 heavy (non-hydrogen) atoms. The van der Waals surface area contributed by atoms with Gasteiger partial charge in [-0.05, 0) is 12.5 Å². The molecule has 0 saturated heterocycles. The minimum atomic E-state index is -4.67. The van der Waals surface area contributed by atoms with Gasteiger partial charge in [-0.3, -0.25) is 13.9 Å². The number of aliphatic hydroxyl groups is 1. The first-order valence-electron chi connectivity index (χ1n) is 8.22. The molecular formula is C21H22O6S. The highest BCUT2D eigenvalue weighted by Crippen LogP contribution is 2.17. The molecule has 0 aromatic heterocycles. The Kier molecular flexibility index (Phi) is 9.76. The predicted molar refractivity (Wildman–Crippen MR) is 108 cm³/mol. The number of carbonyl (C=O) groups is 1. The fourth-order valence-electron chi connectivity index (χ4n) is 2.08. The van der Waals surface area contributed by atoms with Crippen LogP contribution in [0.25, 0.3) is 0 Å². The normalized spacial score (nSPS) is 11.1. The van der Waals surface area contributed by atoms with Crippen LogP contribution in [0, 0.1) is 6.92 Å². The van der Waals surface area contributed by atoms with E-state index in [0.29, 0.717) is 11.1 Å². The molecule has 3 rings (SSSR count). The summed E-state index contributed by atoms with van der Waals surface area (Å²) in [5.74, 6) is -0.271. The Labute approximate surface area is 164 Å². The topological polar surface area (TPSA) is 112 Å². The Morgan fingerprint density at radius 1 is 0.750 bits per heavy atom. The predicted octanol–water partition coefficient (Wildman–Crippen LogP) is 3.95. The lowest BCUT2D eigenvalue weighted by atomic mass is 10.0. The molecule has 1 atom stereocenters. The molecule has 0 aliphatic heterocycles. The van der Waals surface area contributed by atoms with Gasteiger partial charge in [0.25, 0.3) is 0 Å². The summed E-state index contributed by atoms with van der Waals surface area (Å²) in [4.78, 5) is 11.9. The van der Waals surface area contributed by atoms with E-state index in [-0.39, 0.29) is 5.78 Å². The number of benzene rings is 3. The van der Waals surface area contributed by atoms with Crippen LogP contribution in [0.3, 0.4) is 0 Å². The van der Waals surface area contributed by atoms with Crippen LogP contribution < -0.4 is 0 Å². The molecular weight excluding hydrogens is 380 g/mol. The van der Waals surface area contributed by atoms with Crippen molar-refractivity contribution >= 4 is 16.2 Å². The molecule has 0 aliphatic carbocycles. The summed E-state index contributed by atoms with van der Waals surface area (Å²) in [5, 5.41) is 9.89. The Morgan fingerprint density at radius 2 is 1.11 bits per heavy atom. The van der Waals surface area contributed by atoms with Gasteiger partial charge in [-0.2, -0.15) is 8.42 Å². The fourth-order valence-corrected chi connectivity index (χ4v) is 2.08. The molecule has 148 valence electrons. The summed E-state index contributed by atoms with van der Waals surface area (Å²) in [6.45, 7) is 2.08. The number of hydrogen-bond donors (Lipinski definition) is 3. The zero-order valence-corrected chi connectivity index (χ0v) is 16.0. The third-order valence-electron chi connectivity index (χ3n) is 3.36. The van der Waals surface area contributed by atoms with Gasteiger partial charge < -0.3 is 5.11 Å². The molecule has 0 spiro atoms. The molecule has 0 heterocycles. The molecule has 0 saturated carbocycles. The van der Waals surface area contributed by atoms with E-state index >= 15 is 0 Å². The van der Waals surface area contributed by atoms with Gasteiger partial charge in [-0.25, -0.2) is 0 Å². The number of rotatable bonds is 3. The quantitative estimate of drug-likeness (QED) is 0.452. The van der Waals surface area contributed by atoms with E-state index in [1.807, 2.05) is 30.3 Å². The zero-order valence-electron chi connectivity index (χ0n) is 15.2. The number of hydrogen-bond acceptors (Lipinski definition) is 4. The second kappa shape index (κ2) is 11.8. The Balaban J connectivity index is 0.000000269. The van der Waals surface area contributed by atoms with Crippen molar-refractivity contribution in [3.05, 3.63) is 108 Å². The van der Waals surface area contributed by atoms with Crippen molar-refractivity contribution in [3.8, 4) is 0 Å². The van der Waals surface area contributed by atoms with Gasteiger partial charge in [0.2, 0.25) is 0 Å². The first kappa shape index (κ1) is 23.2. The van der Waals surface area contributed by atoms with Gasteiger partial charge >= 0.3 is 10.4 Å². The number of ketones is 1. The van der Waals surface area contributed by atoms with Gasteiger partial charge in [-0.15, -0.1) is 0 Å². The van der Waals surface area contributed by atoms with Crippen LogP contribution in [-0.4, -0.2) is 28.4 Å². The summed E-state index contributed by atoms with van der Waals surface area (Å²) >= 11 is 0. The molecule has 0 bridgehead atoms. The molecule has 1 unspecified atom stereocenters. The van der Waals surface area contributed by atoms with Gasteiger partial charge in [0.1, 0.15) is 6.10 Å². The molecule has 3 aromatic carbocycles. The van der Waals surface area contributed by atoms with Crippen molar-refractivity contribution < 1.29 is 27.4 Å². The van der Waals surface area contributed by atoms with Crippen molar-refractivity contribution in [2.45, 2.75) is 13.0 Å². The van der Waals surface area contributed by atoms with Crippen LogP contribution in [0.5, 0.6) is 0 Å². The van der Waals surface area contributed by atoms with E-state index in [2.05, 4.69) is 19.1 Å². The largest absolute Gasteiger partial charge is 0.394 e. The maximum Gasteiger partial charge on any atom is 0.394 e. The minimum absolute atomic E-state index is 0.271. The molecule has 3 aromatic rings. The van der Waals surface area contributed by atoms with Crippen LogP contribution in [0.4, 0.5) is 0 Å². The van der Waals surface area contributed by atoms with Crippen molar-refractivity contribution in [2.75, 3.05) is 0 Å². The molecule has 7 heteroatoms. The zero-order chi connectivity index (χ0) is 21.0. The van der Waals surface area contributed by atoms with Crippen LogP contribution in [0.2, 0.25) is 0 Å². The van der Waals surface area contributed by atoms with E-state index in [9.17, 15) is 9.90 Å². The molecule has 0 aliphatic rings. The van der Waals surface area contributed by atoms with Crippen LogP contribution in [0.1, 0.15) is 27.6 Å². The van der Waals surface area contributed by atoms with Gasteiger partial charge in [0, 0.05) is 5.56 Å². The van der Waals surface area contributed by atoms with Crippen LogP contribution >= 0.6 is 0 Å². The van der Waals surface area contributed by atoms with Gasteiger partial charge in [0.05, 0.1) is 0 Å². The van der Waals surface area contributed by atoms with E-state index < -0.39 is 16.5 Å². The van der Waals surface area contributed by atoms with Gasteiger partial charge in [0.15, 0.2) is 5.78 Å².